The van der Waals surface area contributed by atoms with Crippen molar-refractivity contribution in [2.24, 2.45) is 0 Å². The van der Waals surface area contributed by atoms with Crippen molar-refractivity contribution in [1.29, 1.82) is 0 Å². The van der Waals surface area contributed by atoms with Gasteiger partial charge < -0.3 is 9.80 Å². The van der Waals surface area contributed by atoms with E-state index in [4.69, 9.17) is 0 Å². The molecule has 2 aliphatic heterocycles. The molecule has 2 saturated heterocycles. The minimum Gasteiger partial charge on any atom is -0.342 e. The Morgan fingerprint density at radius 1 is 1.00 bits per heavy atom. The molecule has 0 aromatic heterocycles. The molecule has 1 spiro atoms. The second kappa shape index (κ2) is 9.73. The molecule has 5 heteroatoms. The van der Waals surface area contributed by atoms with Crippen LogP contribution in [0.5, 0.6) is 0 Å². The van der Waals surface area contributed by atoms with Crippen molar-refractivity contribution in [3.8, 4) is 0 Å². The maximum Gasteiger partial charge on any atom is 0.247 e. The summed E-state index contributed by atoms with van der Waals surface area (Å²) in [4.78, 5) is 30.1. The number of carbonyl (C=O) groups excluding carboxylic acids is 2. The van der Waals surface area contributed by atoms with Gasteiger partial charge in [0, 0.05) is 31.5 Å². The third-order valence-electron chi connectivity index (χ3n) is 6.43. The highest BCUT2D eigenvalue weighted by Crippen LogP contribution is 2.44. The zero-order chi connectivity index (χ0) is 21.7. The Morgan fingerprint density at radius 2 is 1.65 bits per heavy atom. The molecule has 162 valence electrons. The SMILES string of the molecule is CCC(C(=O)N1CCC2(CC1)SCCN2C(=O)C=Cc1ccccc1)c1ccccc1. The average molecular weight is 435 g/mol. The second-order valence-electron chi connectivity index (χ2n) is 8.23. The Balaban J connectivity index is 1.41. The fourth-order valence-electron chi connectivity index (χ4n) is 4.69. The van der Waals surface area contributed by atoms with Crippen LogP contribution in [0.4, 0.5) is 0 Å². The van der Waals surface area contributed by atoms with Crippen molar-refractivity contribution >= 4 is 29.7 Å². The topological polar surface area (TPSA) is 40.6 Å². The van der Waals surface area contributed by atoms with E-state index in [9.17, 15) is 9.59 Å². The van der Waals surface area contributed by atoms with Crippen LogP contribution in [-0.2, 0) is 9.59 Å². The normalized spacial score (nSPS) is 19.1. The molecule has 31 heavy (non-hydrogen) atoms. The van der Waals surface area contributed by atoms with Crippen LogP contribution in [0, 0.1) is 0 Å². The van der Waals surface area contributed by atoms with Crippen molar-refractivity contribution in [3.63, 3.8) is 0 Å². The lowest BCUT2D eigenvalue weighted by atomic mass is 9.93. The molecule has 2 heterocycles. The molecular weight excluding hydrogens is 404 g/mol. The van der Waals surface area contributed by atoms with Gasteiger partial charge in [-0.3, -0.25) is 9.59 Å². The first kappa shape index (κ1) is 21.7. The van der Waals surface area contributed by atoms with Crippen molar-refractivity contribution in [3.05, 3.63) is 77.9 Å². The standard InChI is InChI=1S/C26H30N2O2S/c1-2-23(22-11-7-4-8-12-22)25(30)27-17-15-26(16-18-27)28(19-20-31-26)24(29)14-13-21-9-5-3-6-10-21/h3-14,23H,2,15-20H2,1H3. The van der Waals surface area contributed by atoms with Gasteiger partial charge in [-0.15, -0.1) is 11.8 Å². The molecule has 0 saturated carbocycles. The molecule has 0 N–H and O–H groups in total. The summed E-state index contributed by atoms with van der Waals surface area (Å²) in [5.41, 5.74) is 2.12. The van der Waals surface area contributed by atoms with E-state index >= 15 is 0 Å². The van der Waals surface area contributed by atoms with E-state index in [0.29, 0.717) is 13.1 Å². The van der Waals surface area contributed by atoms with E-state index < -0.39 is 0 Å². The number of likely N-dealkylation sites (tertiary alicyclic amines) is 1. The average Bonchev–Trinajstić information content (AvgIpc) is 3.22. The van der Waals surface area contributed by atoms with Crippen molar-refractivity contribution in [2.45, 2.75) is 37.0 Å². The smallest absolute Gasteiger partial charge is 0.247 e. The van der Waals surface area contributed by atoms with Gasteiger partial charge in [0.25, 0.3) is 0 Å². The first-order chi connectivity index (χ1) is 15.1. The van der Waals surface area contributed by atoms with Gasteiger partial charge in [0.1, 0.15) is 0 Å². The quantitative estimate of drug-likeness (QED) is 0.636. The van der Waals surface area contributed by atoms with Gasteiger partial charge >= 0.3 is 0 Å². The summed E-state index contributed by atoms with van der Waals surface area (Å²) >= 11 is 1.88. The zero-order valence-electron chi connectivity index (χ0n) is 18.1. The molecule has 2 aromatic carbocycles. The van der Waals surface area contributed by atoms with Gasteiger partial charge in [0.05, 0.1) is 10.8 Å². The zero-order valence-corrected chi connectivity index (χ0v) is 18.9. The third kappa shape index (κ3) is 4.72. The Hall–Kier alpha value is -2.53. The number of hydrogen-bond acceptors (Lipinski definition) is 3. The van der Waals surface area contributed by atoms with E-state index in [-0.39, 0.29) is 22.6 Å². The van der Waals surface area contributed by atoms with E-state index in [1.54, 1.807) is 6.08 Å². The first-order valence-corrected chi connectivity index (χ1v) is 12.1. The number of nitrogens with zero attached hydrogens (tertiary/aromatic N) is 2. The minimum absolute atomic E-state index is 0.0735. The predicted molar refractivity (Wildman–Crippen MR) is 128 cm³/mol. The summed E-state index contributed by atoms with van der Waals surface area (Å²) in [5, 5.41) is 0. The summed E-state index contributed by atoms with van der Waals surface area (Å²) in [6.07, 6.45) is 6.06. The highest BCUT2D eigenvalue weighted by Gasteiger charge is 2.46. The van der Waals surface area contributed by atoms with E-state index in [2.05, 4.69) is 6.92 Å². The predicted octanol–water partition coefficient (Wildman–Crippen LogP) is 4.79. The lowest BCUT2D eigenvalue weighted by Crippen LogP contribution is -2.53. The number of carbonyl (C=O) groups is 2. The Morgan fingerprint density at radius 3 is 2.29 bits per heavy atom. The molecule has 0 aliphatic carbocycles. The lowest BCUT2D eigenvalue weighted by molar-refractivity contribution is -0.136. The van der Waals surface area contributed by atoms with Gasteiger partial charge in [-0.2, -0.15) is 0 Å². The van der Waals surface area contributed by atoms with Crippen LogP contribution in [0.3, 0.4) is 0 Å². The number of benzene rings is 2. The van der Waals surface area contributed by atoms with Gasteiger partial charge in [-0.05, 0) is 36.5 Å². The van der Waals surface area contributed by atoms with Crippen molar-refractivity contribution in [1.82, 2.24) is 9.80 Å². The van der Waals surface area contributed by atoms with Gasteiger partial charge in [0.15, 0.2) is 0 Å². The van der Waals surface area contributed by atoms with E-state index in [0.717, 1.165) is 42.7 Å². The van der Waals surface area contributed by atoms with Crippen LogP contribution in [0.25, 0.3) is 6.08 Å². The van der Waals surface area contributed by atoms with Crippen LogP contribution in [-0.4, -0.2) is 51.9 Å². The molecule has 4 rings (SSSR count). The molecule has 4 nitrogen and oxygen atoms in total. The van der Waals surface area contributed by atoms with Crippen LogP contribution >= 0.6 is 11.8 Å². The Labute approximate surface area is 189 Å². The largest absolute Gasteiger partial charge is 0.342 e. The highest BCUT2D eigenvalue weighted by molar-refractivity contribution is 8.00. The van der Waals surface area contributed by atoms with Gasteiger partial charge in [-0.25, -0.2) is 0 Å². The number of piperidine rings is 1. The highest BCUT2D eigenvalue weighted by atomic mass is 32.2. The van der Waals surface area contributed by atoms with Crippen molar-refractivity contribution in [2.75, 3.05) is 25.4 Å². The number of amides is 2. The maximum absolute atomic E-state index is 13.2. The third-order valence-corrected chi connectivity index (χ3v) is 7.98. The van der Waals surface area contributed by atoms with Crippen LogP contribution in [0.15, 0.2) is 66.7 Å². The molecule has 1 atom stereocenters. The van der Waals surface area contributed by atoms with E-state index in [1.165, 1.54) is 0 Å². The number of hydrogen-bond donors (Lipinski definition) is 0. The molecular formula is C26H30N2O2S. The summed E-state index contributed by atoms with van der Waals surface area (Å²) < 4.78 is 0. The fourth-order valence-corrected chi connectivity index (χ4v) is 6.15. The molecule has 0 radical (unpaired) electrons. The maximum atomic E-state index is 13.2. The van der Waals surface area contributed by atoms with Crippen LogP contribution in [0.1, 0.15) is 43.2 Å². The van der Waals surface area contributed by atoms with Crippen LogP contribution in [0.2, 0.25) is 0 Å². The number of thioether (sulfide) groups is 1. The second-order valence-corrected chi connectivity index (χ2v) is 9.68. The van der Waals surface area contributed by atoms with Crippen molar-refractivity contribution < 1.29 is 9.59 Å². The monoisotopic (exact) mass is 434 g/mol. The lowest BCUT2D eigenvalue weighted by Gasteiger charge is -2.44. The number of rotatable bonds is 5. The summed E-state index contributed by atoms with van der Waals surface area (Å²) in [7, 11) is 0. The minimum atomic E-state index is -0.177. The van der Waals surface area contributed by atoms with E-state index in [1.807, 2.05) is 88.3 Å². The molecule has 2 aromatic rings. The van der Waals surface area contributed by atoms with Gasteiger partial charge in [0.2, 0.25) is 11.8 Å². The fraction of sp³-hybridized carbons (Fsp3) is 0.385. The summed E-state index contributed by atoms with van der Waals surface area (Å²) in [6.45, 7) is 4.27. The molecule has 1 unspecified atom stereocenters. The molecule has 0 bridgehead atoms. The Kier molecular flexibility index (Phi) is 6.81. The van der Waals surface area contributed by atoms with Gasteiger partial charge in [-0.1, -0.05) is 67.6 Å². The van der Waals surface area contributed by atoms with Crippen LogP contribution < -0.4 is 0 Å². The molecule has 2 amide bonds. The molecule has 2 fully saturated rings. The Bertz CT molecular complexity index is 921. The summed E-state index contributed by atoms with van der Waals surface area (Å²) in [6, 6.07) is 20.0. The molecule has 2 aliphatic rings. The summed E-state index contributed by atoms with van der Waals surface area (Å²) in [5.74, 6) is 1.16. The first-order valence-electron chi connectivity index (χ1n) is 11.2.